The van der Waals surface area contributed by atoms with Crippen LogP contribution in [0.2, 0.25) is 0 Å². The minimum atomic E-state index is -0.985. The number of nitrogens with one attached hydrogen (secondary N) is 1. The first-order valence-electron chi connectivity index (χ1n) is 5.83. The first-order chi connectivity index (χ1) is 9.49. The van der Waals surface area contributed by atoms with E-state index in [1.54, 1.807) is 24.0 Å². The smallest absolute Gasteiger partial charge is 0.275 e. The third kappa shape index (κ3) is 2.90. The largest absolute Gasteiger partial charge is 0.380 e. The van der Waals surface area contributed by atoms with E-state index in [1.165, 1.54) is 0 Å². The Labute approximate surface area is 113 Å². The zero-order valence-electron chi connectivity index (χ0n) is 10.6. The van der Waals surface area contributed by atoms with E-state index in [-0.39, 0.29) is 12.2 Å². The molecule has 0 saturated carbocycles. The van der Waals surface area contributed by atoms with Gasteiger partial charge in [-0.3, -0.25) is 14.8 Å². The first kappa shape index (κ1) is 13.9. The number of anilines is 1. The second kappa shape index (κ2) is 5.64. The standard InChI is InChI=1S/C12H12F2N4O2/c1-17-8(3-5-16-17)2-4-15-12-10(13)6-9(18(19)20)7-11(12)14/h3,5-7,15H,2,4H2,1H3. The molecule has 0 atom stereocenters. The number of nitrogens with zero attached hydrogens (tertiary/aromatic N) is 3. The molecule has 2 aromatic rings. The third-order valence-electron chi connectivity index (χ3n) is 2.84. The maximum Gasteiger partial charge on any atom is 0.275 e. The topological polar surface area (TPSA) is 73.0 Å². The molecular weight excluding hydrogens is 270 g/mol. The van der Waals surface area contributed by atoms with Crippen LogP contribution >= 0.6 is 0 Å². The minimum Gasteiger partial charge on any atom is -0.380 e. The maximum atomic E-state index is 13.6. The van der Waals surface area contributed by atoms with Crippen LogP contribution in [0.1, 0.15) is 5.69 Å². The van der Waals surface area contributed by atoms with Gasteiger partial charge in [0.1, 0.15) is 5.69 Å². The van der Waals surface area contributed by atoms with Gasteiger partial charge < -0.3 is 5.32 Å². The van der Waals surface area contributed by atoms with Gasteiger partial charge in [-0.2, -0.15) is 5.10 Å². The number of hydrogen-bond acceptors (Lipinski definition) is 4. The summed E-state index contributed by atoms with van der Waals surface area (Å²) in [5, 5.41) is 17.0. The molecule has 0 bridgehead atoms. The molecule has 20 heavy (non-hydrogen) atoms. The van der Waals surface area contributed by atoms with E-state index < -0.39 is 22.2 Å². The van der Waals surface area contributed by atoms with Crippen LogP contribution in [0.3, 0.4) is 0 Å². The summed E-state index contributed by atoms with van der Waals surface area (Å²) in [7, 11) is 1.77. The average Bonchev–Trinajstić information content (AvgIpc) is 2.78. The highest BCUT2D eigenvalue weighted by Crippen LogP contribution is 2.24. The molecule has 0 unspecified atom stereocenters. The van der Waals surface area contributed by atoms with Crippen molar-refractivity contribution in [3.05, 3.63) is 51.8 Å². The maximum absolute atomic E-state index is 13.6. The van der Waals surface area contributed by atoms with Crippen LogP contribution in [0.15, 0.2) is 24.4 Å². The lowest BCUT2D eigenvalue weighted by molar-refractivity contribution is -0.385. The fourth-order valence-corrected chi connectivity index (χ4v) is 1.80. The highest BCUT2D eigenvalue weighted by atomic mass is 19.1. The number of nitro benzene ring substituents is 1. The van der Waals surface area contributed by atoms with E-state index in [2.05, 4.69) is 10.4 Å². The van der Waals surface area contributed by atoms with Gasteiger partial charge in [0.25, 0.3) is 5.69 Å². The van der Waals surface area contributed by atoms with Crippen molar-refractivity contribution in [3.63, 3.8) is 0 Å². The number of halogens is 2. The van der Waals surface area contributed by atoms with Crippen LogP contribution in [0.4, 0.5) is 20.2 Å². The molecule has 0 radical (unpaired) electrons. The van der Waals surface area contributed by atoms with Crippen molar-refractivity contribution < 1.29 is 13.7 Å². The number of aromatic nitrogens is 2. The predicted molar refractivity (Wildman–Crippen MR) is 68.4 cm³/mol. The van der Waals surface area contributed by atoms with Crippen molar-refractivity contribution in [1.82, 2.24) is 9.78 Å². The third-order valence-corrected chi connectivity index (χ3v) is 2.84. The molecule has 8 heteroatoms. The van der Waals surface area contributed by atoms with E-state index in [0.29, 0.717) is 18.6 Å². The average molecular weight is 282 g/mol. The normalized spacial score (nSPS) is 10.6. The molecule has 0 aliphatic carbocycles. The van der Waals surface area contributed by atoms with Gasteiger partial charge in [-0.05, 0) is 6.07 Å². The molecule has 0 amide bonds. The Kier molecular flexibility index (Phi) is 3.92. The monoisotopic (exact) mass is 282 g/mol. The van der Waals surface area contributed by atoms with Gasteiger partial charge in [-0.25, -0.2) is 8.78 Å². The number of benzene rings is 1. The summed E-state index contributed by atoms with van der Waals surface area (Å²) in [5.41, 5.74) is -0.0739. The Bertz CT molecular complexity index is 619. The van der Waals surface area contributed by atoms with Crippen LogP contribution in [0.5, 0.6) is 0 Å². The van der Waals surface area contributed by atoms with Crippen molar-refractivity contribution >= 4 is 11.4 Å². The summed E-state index contributed by atoms with van der Waals surface area (Å²) in [6, 6.07) is 3.18. The lowest BCUT2D eigenvalue weighted by Crippen LogP contribution is -2.11. The summed E-state index contributed by atoms with van der Waals surface area (Å²) in [5.74, 6) is -1.97. The molecule has 106 valence electrons. The van der Waals surface area contributed by atoms with E-state index in [0.717, 1.165) is 5.69 Å². The second-order valence-electron chi connectivity index (χ2n) is 4.16. The summed E-state index contributed by atoms with van der Waals surface area (Å²) < 4.78 is 28.8. The van der Waals surface area contributed by atoms with Crippen molar-refractivity contribution in [1.29, 1.82) is 0 Å². The number of rotatable bonds is 5. The first-order valence-corrected chi connectivity index (χ1v) is 5.83. The van der Waals surface area contributed by atoms with Gasteiger partial charge in [0, 0.05) is 31.9 Å². The van der Waals surface area contributed by atoms with E-state index >= 15 is 0 Å². The van der Waals surface area contributed by atoms with E-state index in [4.69, 9.17) is 0 Å². The summed E-state index contributed by atoms with van der Waals surface area (Å²) in [6.07, 6.45) is 2.15. The fraction of sp³-hybridized carbons (Fsp3) is 0.250. The summed E-state index contributed by atoms with van der Waals surface area (Å²) in [6.45, 7) is 0.283. The number of non-ortho nitro benzene ring substituents is 1. The fourth-order valence-electron chi connectivity index (χ4n) is 1.80. The number of hydrogen-bond donors (Lipinski definition) is 1. The molecule has 2 rings (SSSR count). The summed E-state index contributed by atoms with van der Waals surface area (Å²) >= 11 is 0. The molecule has 0 saturated heterocycles. The Hall–Kier alpha value is -2.51. The molecule has 1 heterocycles. The highest BCUT2D eigenvalue weighted by molar-refractivity contribution is 5.51. The number of aryl methyl sites for hydroxylation is 1. The molecular formula is C12H12F2N4O2. The van der Waals surface area contributed by atoms with Gasteiger partial charge >= 0.3 is 0 Å². The second-order valence-corrected chi connectivity index (χ2v) is 4.16. The lowest BCUT2D eigenvalue weighted by atomic mass is 10.2. The van der Waals surface area contributed by atoms with Crippen molar-refractivity contribution in [3.8, 4) is 0 Å². The summed E-state index contributed by atoms with van der Waals surface area (Å²) in [4.78, 5) is 9.62. The Morgan fingerprint density at radius 2 is 2.05 bits per heavy atom. The Morgan fingerprint density at radius 3 is 2.55 bits per heavy atom. The van der Waals surface area contributed by atoms with Gasteiger partial charge in [0.05, 0.1) is 17.1 Å². The molecule has 0 spiro atoms. The van der Waals surface area contributed by atoms with E-state index in [9.17, 15) is 18.9 Å². The molecule has 0 aliphatic rings. The van der Waals surface area contributed by atoms with Crippen LogP contribution in [0, 0.1) is 21.7 Å². The highest BCUT2D eigenvalue weighted by Gasteiger charge is 2.16. The van der Waals surface area contributed by atoms with Crippen LogP contribution in [-0.2, 0) is 13.5 Å². The zero-order chi connectivity index (χ0) is 14.7. The SMILES string of the molecule is Cn1nccc1CCNc1c(F)cc([N+](=O)[O-])cc1F. The molecule has 1 aromatic heterocycles. The quantitative estimate of drug-likeness (QED) is 0.674. The van der Waals surface area contributed by atoms with E-state index in [1.807, 2.05) is 0 Å². The van der Waals surface area contributed by atoms with Gasteiger partial charge in [-0.1, -0.05) is 0 Å². The van der Waals surface area contributed by atoms with Crippen LogP contribution < -0.4 is 5.32 Å². The van der Waals surface area contributed by atoms with Gasteiger partial charge in [0.15, 0.2) is 11.6 Å². The Morgan fingerprint density at radius 1 is 1.40 bits per heavy atom. The lowest BCUT2D eigenvalue weighted by Gasteiger charge is -2.08. The van der Waals surface area contributed by atoms with Crippen molar-refractivity contribution in [2.45, 2.75) is 6.42 Å². The molecule has 1 aromatic carbocycles. The number of nitro groups is 1. The molecule has 1 N–H and O–H groups in total. The van der Waals surface area contributed by atoms with Gasteiger partial charge in [0.2, 0.25) is 0 Å². The van der Waals surface area contributed by atoms with Gasteiger partial charge in [-0.15, -0.1) is 0 Å². The minimum absolute atomic E-state index is 0.283. The van der Waals surface area contributed by atoms with Crippen molar-refractivity contribution in [2.75, 3.05) is 11.9 Å². The predicted octanol–water partition coefficient (Wildman–Crippen LogP) is 2.26. The van der Waals surface area contributed by atoms with Crippen LogP contribution in [0.25, 0.3) is 0 Å². The van der Waals surface area contributed by atoms with Crippen LogP contribution in [-0.4, -0.2) is 21.2 Å². The Balaban J connectivity index is 2.06. The molecule has 0 fully saturated rings. The molecule has 0 aliphatic heterocycles. The zero-order valence-corrected chi connectivity index (χ0v) is 10.6. The molecule has 6 nitrogen and oxygen atoms in total. The van der Waals surface area contributed by atoms with Crippen molar-refractivity contribution in [2.24, 2.45) is 7.05 Å².